The van der Waals surface area contributed by atoms with Crippen LogP contribution in [0, 0.1) is 11.6 Å². The van der Waals surface area contributed by atoms with E-state index in [1.165, 1.54) is 34.2 Å². The molecule has 0 aliphatic rings. The second-order valence-corrected chi connectivity index (χ2v) is 8.22. The molecule has 0 unspecified atom stereocenters. The van der Waals surface area contributed by atoms with Gasteiger partial charge in [0, 0.05) is 35.0 Å². The molecule has 9 heteroatoms. The van der Waals surface area contributed by atoms with E-state index >= 15 is 0 Å². The van der Waals surface area contributed by atoms with Gasteiger partial charge in [0.2, 0.25) is 0 Å². The van der Waals surface area contributed by atoms with E-state index in [2.05, 4.69) is 10.1 Å². The first kappa shape index (κ1) is 20.6. The maximum absolute atomic E-state index is 14.1. The Morgan fingerprint density at radius 2 is 1.67 bits per heavy atom. The molecular weight excluding hydrogens is 438 g/mol. The summed E-state index contributed by atoms with van der Waals surface area (Å²) in [6.45, 7) is 0.811. The van der Waals surface area contributed by atoms with E-state index in [9.17, 15) is 17.6 Å². The molecule has 3 nitrogen and oxygen atoms in total. The number of thiophene rings is 1. The Kier molecular flexibility index (Phi) is 5.15. The van der Waals surface area contributed by atoms with E-state index in [1.807, 2.05) is 0 Å². The summed E-state index contributed by atoms with van der Waals surface area (Å²) in [5.41, 5.74) is 0.136. The van der Waals surface area contributed by atoms with Crippen LogP contribution in [0.2, 0.25) is 5.02 Å². The molecule has 0 aliphatic heterocycles. The molecule has 0 saturated carbocycles. The predicted molar refractivity (Wildman–Crippen MR) is 110 cm³/mol. The highest BCUT2D eigenvalue weighted by Crippen LogP contribution is 2.39. The lowest BCUT2D eigenvalue weighted by Crippen LogP contribution is -2.06. The van der Waals surface area contributed by atoms with Crippen LogP contribution in [-0.4, -0.2) is 14.8 Å². The maximum Gasteiger partial charge on any atom is 0.270 e. The van der Waals surface area contributed by atoms with Crippen molar-refractivity contribution in [2.75, 3.05) is 0 Å². The third kappa shape index (κ3) is 3.73. The van der Waals surface area contributed by atoms with Crippen LogP contribution < -0.4 is 0 Å². The smallest absolute Gasteiger partial charge is 0.248 e. The van der Waals surface area contributed by atoms with Crippen molar-refractivity contribution in [3.63, 3.8) is 0 Å². The van der Waals surface area contributed by atoms with Crippen molar-refractivity contribution in [3.05, 3.63) is 70.8 Å². The van der Waals surface area contributed by atoms with Gasteiger partial charge in [0.1, 0.15) is 11.6 Å². The van der Waals surface area contributed by atoms with Crippen molar-refractivity contribution in [2.24, 2.45) is 7.05 Å². The van der Waals surface area contributed by atoms with Gasteiger partial charge < -0.3 is 0 Å². The number of halogens is 5. The summed E-state index contributed by atoms with van der Waals surface area (Å²) in [5.74, 6) is -4.14. The molecule has 4 rings (SSSR count). The van der Waals surface area contributed by atoms with Gasteiger partial charge in [0.25, 0.3) is 5.92 Å². The summed E-state index contributed by atoms with van der Waals surface area (Å²) < 4.78 is 56.6. The number of nitrogens with zero attached hydrogens (tertiary/aromatic N) is 3. The van der Waals surface area contributed by atoms with Gasteiger partial charge in [-0.3, -0.25) is 0 Å². The third-order valence-corrected chi connectivity index (χ3v) is 5.94. The lowest BCUT2D eigenvalue weighted by Gasteiger charge is -2.12. The predicted octanol–water partition coefficient (Wildman–Crippen LogP) is 6.92. The third-order valence-electron chi connectivity index (χ3n) is 4.52. The number of aromatic nitrogens is 3. The minimum Gasteiger partial charge on any atom is -0.248 e. The van der Waals surface area contributed by atoms with E-state index < -0.39 is 17.6 Å². The molecule has 0 amide bonds. The van der Waals surface area contributed by atoms with Crippen LogP contribution in [0.4, 0.5) is 17.6 Å². The van der Waals surface area contributed by atoms with Crippen molar-refractivity contribution in [3.8, 4) is 32.5 Å². The van der Waals surface area contributed by atoms with Crippen molar-refractivity contribution in [2.45, 2.75) is 12.8 Å². The zero-order valence-corrected chi connectivity index (χ0v) is 17.3. The first-order valence-electron chi connectivity index (χ1n) is 8.79. The van der Waals surface area contributed by atoms with Crippen LogP contribution in [0.25, 0.3) is 32.5 Å². The molecule has 0 radical (unpaired) electrons. The SMILES string of the molecule is Cn1nc(-c2c(F)cccc2F)nc1-c1ccc(-c2ccc(C(C)(F)F)cc2Cl)s1. The second-order valence-electron chi connectivity index (χ2n) is 6.73. The molecular formula is C21H14ClF4N3S. The normalized spacial score (nSPS) is 11.8. The van der Waals surface area contributed by atoms with Crippen LogP contribution in [0.15, 0.2) is 48.5 Å². The highest BCUT2D eigenvalue weighted by molar-refractivity contribution is 7.18. The Morgan fingerprint density at radius 3 is 2.30 bits per heavy atom. The van der Waals surface area contributed by atoms with Gasteiger partial charge in [-0.1, -0.05) is 29.8 Å². The van der Waals surface area contributed by atoms with Gasteiger partial charge >= 0.3 is 0 Å². The first-order valence-corrected chi connectivity index (χ1v) is 9.98. The topological polar surface area (TPSA) is 30.7 Å². The van der Waals surface area contributed by atoms with Crippen molar-refractivity contribution in [1.29, 1.82) is 0 Å². The van der Waals surface area contributed by atoms with Crippen LogP contribution in [0.3, 0.4) is 0 Å². The van der Waals surface area contributed by atoms with E-state index in [0.717, 1.165) is 23.9 Å². The molecule has 0 saturated heterocycles. The van der Waals surface area contributed by atoms with E-state index in [0.29, 0.717) is 16.3 Å². The van der Waals surface area contributed by atoms with Crippen molar-refractivity contribution in [1.82, 2.24) is 14.8 Å². The molecule has 0 aliphatic carbocycles. The van der Waals surface area contributed by atoms with E-state index in [1.54, 1.807) is 25.2 Å². The molecule has 2 aromatic heterocycles. The molecule has 2 heterocycles. The minimum absolute atomic E-state index is 0.0642. The van der Waals surface area contributed by atoms with Gasteiger partial charge in [-0.2, -0.15) is 5.10 Å². The summed E-state index contributed by atoms with van der Waals surface area (Å²) in [6, 6.07) is 11.2. The molecule has 154 valence electrons. The Balaban J connectivity index is 1.71. The fourth-order valence-electron chi connectivity index (χ4n) is 3.01. The lowest BCUT2D eigenvalue weighted by molar-refractivity contribution is 0.0175. The van der Waals surface area contributed by atoms with Crippen LogP contribution in [-0.2, 0) is 13.0 Å². The Bertz CT molecular complexity index is 1220. The number of hydrogen-bond donors (Lipinski definition) is 0. The quantitative estimate of drug-likeness (QED) is 0.315. The molecule has 0 bridgehead atoms. The Hall–Kier alpha value is -2.71. The van der Waals surface area contributed by atoms with E-state index in [-0.39, 0.29) is 22.0 Å². The zero-order chi connectivity index (χ0) is 21.6. The van der Waals surface area contributed by atoms with Gasteiger partial charge in [-0.25, -0.2) is 27.2 Å². The highest BCUT2D eigenvalue weighted by Gasteiger charge is 2.25. The summed E-state index contributed by atoms with van der Waals surface area (Å²) in [4.78, 5) is 5.72. The van der Waals surface area contributed by atoms with Gasteiger partial charge in [-0.05, 0) is 30.3 Å². The molecule has 4 aromatic rings. The Labute approximate surface area is 178 Å². The molecule has 0 fully saturated rings. The van der Waals surface area contributed by atoms with Gasteiger partial charge in [0.15, 0.2) is 11.6 Å². The van der Waals surface area contributed by atoms with Crippen LogP contribution >= 0.6 is 22.9 Å². The lowest BCUT2D eigenvalue weighted by atomic mass is 10.1. The Morgan fingerprint density at radius 1 is 1.00 bits per heavy atom. The molecule has 30 heavy (non-hydrogen) atoms. The second kappa shape index (κ2) is 7.52. The van der Waals surface area contributed by atoms with Gasteiger partial charge in [0.05, 0.1) is 10.4 Å². The molecule has 0 spiro atoms. The number of benzene rings is 2. The standard InChI is InChI=1S/C21H14ClF4N3S/c1-21(25,26)11-6-7-12(13(22)10-11)16-8-9-17(30-16)20-27-19(28-29(20)2)18-14(23)4-3-5-15(18)24/h3-10H,1-2H3. The van der Waals surface area contributed by atoms with Crippen LogP contribution in [0.5, 0.6) is 0 Å². The average Bonchev–Trinajstić information content (AvgIpc) is 3.27. The molecule has 2 aromatic carbocycles. The van der Waals surface area contributed by atoms with Crippen molar-refractivity contribution < 1.29 is 17.6 Å². The van der Waals surface area contributed by atoms with Crippen LogP contribution in [0.1, 0.15) is 12.5 Å². The summed E-state index contributed by atoms with van der Waals surface area (Å²) >= 11 is 7.55. The maximum atomic E-state index is 14.1. The zero-order valence-electron chi connectivity index (χ0n) is 15.8. The minimum atomic E-state index is -2.99. The number of alkyl halides is 2. The highest BCUT2D eigenvalue weighted by atomic mass is 35.5. The number of aryl methyl sites for hydroxylation is 1. The average molecular weight is 452 g/mol. The van der Waals surface area contributed by atoms with E-state index in [4.69, 9.17) is 11.6 Å². The number of hydrogen-bond acceptors (Lipinski definition) is 3. The first-order chi connectivity index (χ1) is 14.1. The number of rotatable bonds is 4. The fraction of sp³-hybridized carbons (Fsp3) is 0.143. The summed E-state index contributed by atoms with van der Waals surface area (Å²) in [7, 11) is 1.62. The molecule has 0 N–H and O–H groups in total. The van der Waals surface area contributed by atoms with Gasteiger partial charge in [-0.15, -0.1) is 11.3 Å². The summed E-state index contributed by atoms with van der Waals surface area (Å²) in [6.07, 6.45) is 0. The fourth-order valence-corrected chi connectivity index (χ4v) is 4.41. The van der Waals surface area contributed by atoms with Crippen molar-refractivity contribution >= 4 is 22.9 Å². The summed E-state index contributed by atoms with van der Waals surface area (Å²) in [5, 5.41) is 4.34. The monoisotopic (exact) mass is 451 g/mol. The molecule has 0 atom stereocenters. The largest absolute Gasteiger partial charge is 0.270 e.